The molecule has 0 saturated heterocycles. The number of hydrogen-bond donors (Lipinski definition) is 0. The van der Waals surface area contributed by atoms with Crippen molar-refractivity contribution in [3.05, 3.63) is 96.3 Å². The molecule has 0 saturated carbocycles. The molecular formula is C30H29N5O4S2. The molecule has 1 aliphatic heterocycles. The van der Waals surface area contributed by atoms with Crippen molar-refractivity contribution in [1.82, 2.24) is 14.8 Å². The Balaban J connectivity index is 1.31. The lowest BCUT2D eigenvalue weighted by atomic mass is 10.0. The number of carbonyl (C=O) groups excluding carboxylic acids is 1. The Morgan fingerprint density at radius 1 is 1.05 bits per heavy atom. The number of sulfonamides is 1. The van der Waals surface area contributed by atoms with Crippen LogP contribution in [-0.4, -0.2) is 48.8 Å². The number of anilines is 2. The van der Waals surface area contributed by atoms with E-state index in [-0.39, 0.29) is 10.8 Å². The fourth-order valence-corrected chi connectivity index (χ4v) is 7.57. The summed E-state index contributed by atoms with van der Waals surface area (Å²) in [6.45, 7) is 3.64. The molecule has 0 atom stereocenters. The molecule has 0 radical (unpaired) electrons. The smallest absolute Gasteiger partial charge is 0.264 e. The number of aromatic nitrogens is 3. The molecule has 3 heterocycles. The van der Waals surface area contributed by atoms with Gasteiger partial charge in [-0.25, -0.2) is 13.4 Å². The minimum atomic E-state index is -3.79. The minimum absolute atomic E-state index is 0.148. The average molecular weight is 588 g/mol. The van der Waals surface area contributed by atoms with Crippen LogP contribution in [0.2, 0.25) is 0 Å². The van der Waals surface area contributed by atoms with Crippen LogP contribution in [0.25, 0.3) is 10.2 Å². The van der Waals surface area contributed by atoms with E-state index in [0.29, 0.717) is 53.9 Å². The second kappa shape index (κ2) is 11.3. The van der Waals surface area contributed by atoms with E-state index in [0.717, 1.165) is 23.1 Å². The maximum atomic E-state index is 13.9. The van der Waals surface area contributed by atoms with Crippen LogP contribution in [0.3, 0.4) is 0 Å². The van der Waals surface area contributed by atoms with Crippen molar-refractivity contribution in [2.75, 3.05) is 28.9 Å². The van der Waals surface area contributed by atoms with E-state index in [1.165, 1.54) is 27.8 Å². The Hall–Kier alpha value is -4.22. The van der Waals surface area contributed by atoms with Crippen LogP contribution in [0.4, 0.5) is 10.8 Å². The van der Waals surface area contributed by atoms with Crippen molar-refractivity contribution in [1.29, 1.82) is 0 Å². The highest BCUT2D eigenvalue weighted by Gasteiger charge is 2.29. The van der Waals surface area contributed by atoms with Gasteiger partial charge in [-0.15, -0.1) is 0 Å². The number of fused-ring (bicyclic) bond motifs is 2. The lowest BCUT2D eigenvalue weighted by Gasteiger charge is -2.30. The van der Waals surface area contributed by atoms with Crippen molar-refractivity contribution >= 4 is 48.3 Å². The number of carbonyl (C=O) groups is 1. The molecule has 2 aromatic heterocycles. The van der Waals surface area contributed by atoms with Gasteiger partial charge in [-0.05, 0) is 73.9 Å². The fourth-order valence-electron chi connectivity index (χ4n) is 5.02. The van der Waals surface area contributed by atoms with E-state index in [1.54, 1.807) is 27.9 Å². The lowest BCUT2D eigenvalue weighted by molar-refractivity contribution is 0.0985. The van der Waals surface area contributed by atoms with Gasteiger partial charge in [0.05, 0.1) is 28.4 Å². The van der Waals surface area contributed by atoms with Crippen molar-refractivity contribution in [2.45, 2.75) is 31.2 Å². The molecule has 0 N–H and O–H groups in total. The Kier molecular flexibility index (Phi) is 7.46. The number of hydrogen-bond acceptors (Lipinski definition) is 7. The molecule has 41 heavy (non-hydrogen) atoms. The normalized spacial score (nSPS) is 13.2. The molecule has 0 spiro atoms. The van der Waals surface area contributed by atoms with Crippen LogP contribution < -0.4 is 13.9 Å². The van der Waals surface area contributed by atoms with Gasteiger partial charge < -0.3 is 4.74 Å². The largest absolute Gasteiger partial charge is 0.492 e. The predicted octanol–water partition coefficient (Wildman–Crippen LogP) is 5.38. The zero-order valence-electron chi connectivity index (χ0n) is 22.5. The fraction of sp³-hybridized carbons (Fsp3) is 0.233. The molecule has 0 fully saturated rings. The maximum absolute atomic E-state index is 13.9. The Bertz CT molecular complexity index is 1780. The summed E-state index contributed by atoms with van der Waals surface area (Å²) in [4.78, 5) is 20.4. The number of nitrogens with zero attached hydrogens (tertiary/aromatic N) is 5. The summed E-state index contributed by atoms with van der Waals surface area (Å²) >= 11 is 1.41. The quantitative estimate of drug-likeness (QED) is 0.230. The second-order valence-corrected chi connectivity index (χ2v) is 12.5. The Labute approximate surface area is 242 Å². The van der Waals surface area contributed by atoms with Crippen molar-refractivity contribution < 1.29 is 17.9 Å². The summed E-state index contributed by atoms with van der Waals surface area (Å²) in [5.74, 6) is 0.391. The van der Waals surface area contributed by atoms with Crippen LogP contribution >= 0.6 is 11.3 Å². The number of rotatable bonds is 9. The maximum Gasteiger partial charge on any atom is 0.264 e. The molecule has 3 aromatic carbocycles. The highest BCUT2D eigenvalue weighted by molar-refractivity contribution is 7.92. The third-order valence-electron chi connectivity index (χ3n) is 7.02. The van der Waals surface area contributed by atoms with Gasteiger partial charge in [-0.2, -0.15) is 5.10 Å². The van der Waals surface area contributed by atoms with E-state index in [4.69, 9.17) is 9.72 Å². The first-order valence-corrected chi connectivity index (χ1v) is 15.7. The highest BCUT2D eigenvalue weighted by atomic mass is 32.2. The number of aryl methyl sites for hydroxylation is 1. The van der Waals surface area contributed by atoms with Crippen LogP contribution in [0.15, 0.2) is 90.1 Å². The predicted molar refractivity (Wildman–Crippen MR) is 160 cm³/mol. The van der Waals surface area contributed by atoms with Crippen molar-refractivity contribution in [2.24, 2.45) is 0 Å². The van der Waals surface area contributed by atoms with E-state index in [1.807, 2.05) is 61.7 Å². The number of amides is 1. The van der Waals surface area contributed by atoms with E-state index >= 15 is 0 Å². The first kappa shape index (κ1) is 27.0. The van der Waals surface area contributed by atoms with Crippen LogP contribution in [-0.2, 0) is 23.0 Å². The van der Waals surface area contributed by atoms with Gasteiger partial charge in [0.1, 0.15) is 11.3 Å². The third kappa shape index (κ3) is 5.30. The van der Waals surface area contributed by atoms with Gasteiger partial charge in [0, 0.05) is 31.0 Å². The minimum Gasteiger partial charge on any atom is -0.492 e. The third-order valence-corrected chi connectivity index (χ3v) is 9.89. The number of para-hydroxylation sites is 2. The summed E-state index contributed by atoms with van der Waals surface area (Å²) in [5, 5.41) is 4.80. The molecule has 0 aliphatic carbocycles. The molecule has 0 bridgehead atoms. The summed E-state index contributed by atoms with van der Waals surface area (Å²) in [6, 6.07) is 21.3. The molecule has 5 aromatic rings. The zero-order chi connectivity index (χ0) is 28.4. The number of ether oxygens (including phenoxy) is 1. The molecule has 0 unspecified atom stereocenters. The van der Waals surface area contributed by atoms with E-state index < -0.39 is 10.0 Å². The monoisotopic (exact) mass is 587 g/mol. The molecule has 1 amide bonds. The van der Waals surface area contributed by atoms with Crippen molar-refractivity contribution in [3.63, 3.8) is 0 Å². The van der Waals surface area contributed by atoms with Crippen LogP contribution in [0, 0.1) is 0 Å². The van der Waals surface area contributed by atoms with Gasteiger partial charge in [0.15, 0.2) is 5.13 Å². The molecule has 1 aliphatic rings. The Morgan fingerprint density at radius 2 is 1.88 bits per heavy atom. The van der Waals surface area contributed by atoms with Crippen molar-refractivity contribution in [3.8, 4) is 5.75 Å². The Morgan fingerprint density at radius 3 is 2.66 bits per heavy atom. The van der Waals surface area contributed by atoms with Gasteiger partial charge in [-0.3, -0.25) is 18.7 Å². The van der Waals surface area contributed by atoms with Gasteiger partial charge in [0.25, 0.3) is 15.9 Å². The number of benzene rings is 3. The molecule has 11 heteroatoms. The second-order valence-electron chi connectivity index (χ2n) is 9.59. The first-order chi connectivity index (χ1) is 20.0. The summed E-state index contributed by atoms with van der Waals surface area (Å²) in [6.07, 6.45) is 5.14. The highest BCUT2D eigenvalue weighted by Crippen LogP contribution is 2.35. The van der Waals surface area contributed by atoms with Crippen LogP contribution in [0.1, 0.15) is 29.3 Å². The topological polar surface area (TPSA) is 97.6 Å². The lowest BCUT2D eigenvalue weighted by Crippen LogP contribution is -2.35. The van der Waals surface area contributed by atoms with Gasteiger partial charge >= 0.3 is 0 Å². The zero-order valence-corrected chi connectivity index (χ0v) is 24.1. The van der Waals surface area contributed by atoms with E-state index in [2.05, 4.69) is 5.10 Å². The molecule has 210 valence electrons. The molecular weight excluding hydrogens is 558 g/mol. The van der Waals surface area contributed by atoms with Gasteiger partial charge in [-0.1, -0.05) is 35.6 Å². The molecule has 9 nitrogen and oxygen atoms in total. The first-order valence-electron chi connectivity index (χ1n) is 13.5. The summed E-state index contributed by atoms with van der Waals surface area (Å²) < 4.78 is 37.1. The summed E-state index contributed by atoms with van der Waals surface area (Å²) in [7, 11) is -3.79. The van der Waals surface area contributed by atoms with Crippen LogP contribution in [0.5, 0.6) is 5.75 Å². The molecule has 6 rings (SSSR count). The standard InChI is InChI=1S/C30H29N5O4S2/c1-2-39-26-11-5-12-27-28(26)32-30(40-27)34(21-20-33-18-7-17-31-33)29(36)23-13-15-24(16-14-23)41(37,38)35-19-6-9-22-8-3-4-10-25(22)35/h3-5,7-8,10-18H,2,6,9,19-21H2,1H3. The van der Waals surface area contributed by atoms with E-state index in [9.17, 15) is 13.2 Å². The summed E-state index contributed by atoms with van der Waals surface area (Å²) in [5.41, 5.74) is 2.80. The van der Waals surface area contributed by atoms with Gasteiger partial charge in [0.2, 0.25) is 0 Å². The average Bonchev–Trinajstić information content (AvgIpc) is 3.68. The number of thiazole rings is 1. The SMILES string of the molecule is CCOc1cccc2sc(N(CCn3cccn3)C(=O)c3ccc(S(=O)(=O)N4CCCc5ccccc54)cc3)nc12.